The monoisotopic (exact) mass is 220 g/mol. The molecule has 1 aliphatic carbocycles. The number of nitrogens with two attached hydrogens (primary N) is 1. The summed E-state index contributed by atoms with van der Waals surface area (Å²) in [5, 5.41) is 8.15. The normalized spacial score (nSPS) is 24.6. The number of aromatic nitrogens is 2. The van der Waals surface area contributed by atoms with Gasteiger partial charge in [-0.15, -0.1) is 5.10 Å². The van der Waals surface area contributed by atoms with E-state index in [1.54, 1.807) is 6.20 Å². The molecular formula is C12H20N4. The van der Waals surface area contributed by atoms with Crippen LogP contribution in [-0.2, 0) is 0 Å². The van der Waals surface area contributed by atoms with Gasteiger partial charge >= 0.3 is 0 Å². The summed E-state index contributed by atoms with van der Waals surface area (Å²) in [5.41, 5.74) is 5.83. The zero-order chi connectivity index (χ0) is 11.4. The smallest absolute Gasteiger partial charge is 0.151 e. The van der Waals surface area contributed by atoms with E-state index in [1.807, 2.05) is 12.1 Å². The van der Waals surface area contributed by atoms with E-state index in [4.69, 9.17) is 5.73 Å². The van der Waals surface area contributed by atoms with Crippen molar-refractivity contribution in [3.63, 3.8) is 0 Å². The first kappa shape index (κ1) is 11.3. The van der Waals surface area contributed by atoms with Gasteiger partial charge in [0.2, 0.25) is 0 Å². The molecule has 2 unspecified atom stereocenters. The molecule has 16 heavy (non-hydrogen) atoms. The predicted octanol–water partition coefficient (Wildman–Crippen LogP) is 1.43. The van der Waals surface area contributed by atoms with Crippen molar-refractivity contribution < 1.29 is 0 Å². The first-order valence-electron chi connectivity index (χ1n) is 6.11. The molecule has 0 amide bonds. The van der Waals surface area contributed by atoms with Crippen molar-refractivity contribution in [2.24, 2.45) is 11.7 Å². The highest BCUT2D eigenvalue weighted by Crippen LogP contribution is 2.31. The predicted molar refractivity (Wildman–Crippen MR) is 65.2 cm³/mol. The molecule has 2 rings (SSSR count). The Bertz CT molecular complexity index is 314. The Morgan fingerprint density at radius 2 is 2.38 bits per heavy atom. The fourth-order valence-electron chi connectivity index (χ4n) is 2.72. The van der Waals surface area contributed by atoms with Gasteiger partial charge in [-0.3, -0.25) is 0 Å². The van der Waals surface area contributed by atoms with Gasteiger partial charge in [-0.25, -0.2) is 0 Å². The molecule has 1 saturated carbocycles. The van der Waals surface area contributed by atoms with Crippen molar-refractivity contribution in [1.29, 1.82) is 0 Å². The van der Waals surface area contributed by atoms with Crippen LogP contribution >= 0.6 is 0 Å². The van der Waals surface area contributed by atoms with Gasteiger partial charge in [0.15, 0.2) is 5.82 Å². The van der Waals surface area contributed by atoms with E-state index in [1.165, 1.54) is 19.3 Å². The molecule has 1 aromatic rings. The molecule has 0 saturated heterocycles. The number of hydrogen-bond acceptors (Lipinski definition) is 4. The first-order chi connectivity index (χ1) is 7.86. The Kier molecular flexibility index (Phi) is 3.72. The average molecular weight is 220 g/mol. The largest absolute Gasteiger partial charge is 0.352 e. The Morgan fingerprint density at radius 1 is 1.50 bits per heavy atom. The lowest BCUT2D eigenvalue weighted by Gasteiger charge is -2.32. The molecule has 4 heteroatoms. The van der Waals surface area contributed by atoms with Gasteiger partial charge in [-0.05, 0) is 44.4 Å². The zero-order valence-electron chi connectivity index (χ0n) is 9.84. The van der Waals surface area contributed by atoms with Crippen LogP contribution in [0.5, 0.6) is 0 Å². The molecule has 0 bridgehead atoms. The van der Waals surface area contributed by atoms with Crippen LogP contribution in [0.1, 0.15) is 26.2 Å². The topological polar surface area (TPSA) is 55.0 Å². The first-order valence-corrected chi connectivity index (χ1v) is 6.11. The van der Waals surface area contributed by atoms with Gasteiger partial charge in [0.25, 0.3) is 0 Å². The zero-order valence-corrected chi connectivity index (χ0v) is 9.84. The molecule has 0 radical (unpaired) electrons. The lowest BCUT2D eigenvalue weighted by molar-refractivity contribution is 0.458. The van der Waals surface area contributed by atoms with Crippen molar-refractivity contribution in [2.45, 2.75) is 32.2 Å². The van der Waals surface area contributed by atoms with E-state index in [0.29, 0.717) is 12.0 Å². The number of nitrogens with zero attached hydrogens (tertiary/aromatic N) is 3. The van der Waals surface area contributed by atoms with Gasteiger partial charge in [0, 0.05) is 18.8 Å². The Labute approximate surface area is 96.9 Å². The van der Waals surface area contributed by atoms with Crippen molar-refractivity contribution in [2.75, 3.05) is 18.0 Å². The molecule has 1 heterocycles. The maximum absolute atomic E-state index is 5.83. The lowest BCUT2D eigenvalue weighted by Crippen LogP contribution is -2.40. The third kappa shape index (κ3) is 2.16. The van der Waals surface area contributed by atoms with Gasteiger partial charge in [0.05, 0.1) is 0 Å². The Morgan fingerprint density at radius 3 is 3.00 bits per heavy atom. The van der Waals surface area contributed by atoms with Crippen LogP contribution < -0.4 is 10.6 Å². The second kappa shape index (κ2) is 5.25. The van der Waals surface area contributed by atoms with Crippen molar-refractivity contribution >= 4 is 5.82 Å². The summed E-state index contributed by atoms with van der Waals surface area (Å²) in [5.74, 6) is 1.59. The summed E-state index contributed by atoms with van der Waals surface area (Å²) in [6.45, 7) is 3.92. The summed E-state index contributed by atoms with van der Waals surface area (Å²) >= 11 is 0. The summed E-state index contributed by atoms with van der Waals surface area (Å²) in [7, 11) is 0. The summed E-state index contributed by atoms with van der Waals surface area (Å²) in [6, 6.07) is 4.52. The van der Waals surface area contributed by atoms with Crippen molar-refractivity contribution in [3.05, 3.63) is 18.3 Å². The molecule has 88 valence electrons. The van der Waals surface area contributed by atoms with Crippen LogP contribution in [0.4, 0.5) is 5.82 Å². The highest BCUT2D eigenvalue weighted by molar-refractivity contribution is 5.38. The van der Waals surface area contributed by atoms with Crippen molar-refractivity contribution in [1.82, 2.24) is 10.2 Å². The highest BCUT2D eigenvalue weighted by Gasteiger charge is 2.31. The lowest BCUT2D eigenvalue weighted by atomic mass is 10.0. The maximum Gasteiger partial charge on any atom is 0.151 e. The highest BCUT2D eigenvalue weighted by atomic mass is 15.3. The Balaban J connectivity index is 2.16. The quantitative estimate of drug-likeness (QED) is 0.834. The van der Waals surface area contributed by atoms with Gasteiger partial charge in [-0.2, -0.15) is 5.10 Å². The molecule has 4 nitrogen and oxygen atoms in total. The van der Waals surface area contributed by atoms with Crippen LogP contribution in [0.2, 0.25) is 0 Å². The van der Waals surface area contributed by atoms with Crippen LogP contribution in [0.25, 0.3) is 0 Å². The standard InChI is InChI=1S/C12H20N4/c1-2-16(12-7-4-8-14-15-12)11-6-3-5-10(11)9-13/h4,7-8,10-11H,2-3,5-6,9,13H2,1H3. The third-order valence-corrected chi connectivity index (χ3v) is 3.52. The van der Waals surface area contributed by atoms with E-state index < -0.39 is 0 Å². The van der Waals surface area contributed by atoms with E-state index >= 15 is 0 Å². The molecule has 0 aliphatic heterocycles. The molecule has 2 N–H and O–H groups in total. The minimum atomic E-state index is 0.548. The fourth-order valence-corrected chi connectivity index (χ4v) is 2.72. The SMILES string of the molecule is CCN(c1cccnn1)C1CCCC1CN. The van der Waals surface area contributed by atoms with E-state index in [9.17, 15) is 0 Å². The second-order valence-electron chi connectivity index (χ2n) is 4.36. The Hall–Kier alpha value is -1.16. The van der Waals surface area contributed by atoms with Crippen LogP contribution in [0.3, 0.4) is 0 Å². The average Bonchev–Trinajstić information content (AvgIpc) is 2.80. The summed E-state index contributed by atoms with van der Waals surface area (Å²) in [6.07, 6.45) is 5.47. The number of hydrogen-bond donors (Lipinski definition) is 1. The minimum Gasteiger partial charge on any atom is -0.352 e. The minimum absolute atomic E-state index is 0.548. The van der Waals surface area contributed by atoms with Gasteiger partial charge < -0.3 is 10.6 Å². The van der Waals surface area contributed by atoms with Crippen LogP contribution in [-0.4, -0.2) is 29.3 Å². The molecule has 1 fully saturated rings. The molecule has 2 atom stereocenters. The van der Waals surface area contributed by atoms with Crippen molar-refractivity contribution in [3.8, 4) is 0 Å². The number of rotatable bonds is 4. The summed E-state index contributed by atoms with van der Waals surface area (Å²) < 4.78 is 0. The second-order valence-corrected chi connectivity index (χ2v) is 4.36. The maximum atomic E-state index is 5.83. The molecule has 0 aromatic carbocycles. The van der Waals surface area contributed by atoms with E-state index in [-0.39, 0.29) is 0 Å². The van der Waals surface area contributed by atoms with Crippen LogP contribution in [0, 0.1) is 5.92 Å². The van der Waals surface area contributed by atoms with E-state index in [2.05, 4.69) is 22.0 Å². The van der Waals surface area contributed by atoms with Gasteiger partial charge in [-0.1, -0.05) is 6.42 Å². The fraction of sp³-hybridized carbons (Fsp3) is 0.667. The molecule has 0 spiro atoms. The molecule has 1 aromatic heterocycles. The molecule has 1 aliphatic rings. The van der Waals surface area contributed by atoms with Crippen LogP contribution in [0.15, 0.2) is 18.3 Å². The summed E-state index contributed by atoms with van der Waals surface area (Å²) in [4.78, 5) is 2.34. The third-order valence-electron chi connectivity index (χ3n) is 3.52. The number of anilines is 1. The molecular weight excluding hydrogens is 200 g/mol. The van der Waals surface area contributed by atoms with E-state index in [0.717, 1.165) is 18.9 Å². The van der Waals surface area contributed by atoms with Gasteiger partial charge in [0.1, 0.15) is 0 Å².